The van der Waals surface area contributed by atoms with Gasteiger partial charge in [0.15, 0.2) is 0 Å². The second-order valence-corrected chi connectivity index (χ2v) is 13.4. The Morgan fingerprint density at radius 1 is 0.535 bits per heavy atom. The van der Waals surface area contributed by atoms with Crippen molar-refractivity contribution in [1.29, 1.82) is 0 Å². The Morgan fingerprint density at radius 3 is 1.35 bits per heavy atom. The van der Waals surface area contributed by atoms with E-state index >= 15 is 0 Å². The van der Waals surface area contributed by atoms with Crippen LogP contribution in [0.25, 0.3) is 0 Å². The zero-order valence-electron chi connectivity index (χ0n) is 29.7. The summed E-state index contributed by atoms with van der Waals surface area (Å²) in [6, 6.07) is 0. The minimum atomic E-state index is -0.325. The molecular formula is C38H75NO4. The van der Waals surface area contributed by atoms with E-state index in [1.165, 1.54) is 116 Å². The molecule has 0 aliphatic rings. The van der Waals surface area contributed by atoms with Gasteiger partial charge in [-0.05, 0) is 52.7 Å². The van der Waals surface area contributed by atoms with Crippen molar-refractivity contribution in [3.8, 4) is 0 Å². The predicted octanol–water partition coefficient (Wildman–Crippen LogP) is 11.2. The van der Waals surface area contributed by atoms with E-state index in [1.807, 2.05) is 14.1 Å². The Kier molecular flexibility index (Phi) is 31.5. The maximum Gasteiger partial charge on any atom is 0.309 e. The van der Waals surface area contributed by atoms with Gasteiger partial charge in [-0.25, -0.2) is 0 Å². The van der Waals surface area contributed by atoms with Crippen LogP contribution < -0.4 is 0 Å². The Labute approximate surface area is 269 Å². The summed E-state index contributed by atoms with van der Waals surface area (Å²) in [4.78, 5) is 28.0. The highest BCUT2D eigenvalue weighted by Crippen LogP contribution is 2.22. The summed E-state index contributed by atoms with van der Waals surface area (Å²) < 4.78 is 11.8. The summed E-state index contributed by atoms with van der Waals surface area (Å²) in [5, 5.41) is 0. The zero-order chi connectivity index (χ0) is 31.8. The van der Waals surface area contributed by atoms with Crippen LogP contribution >= 0.6 is 0 Å². The highest BCUT2D eigenvalue weighted by molar-refractivity contribution is 5.72. The molecule has 0 rings (SSSR count). The van der Waals surface area contributed by atoms with Gasteiger partial charge in [0.25, 0.3) is 0 Å². The van der Waals surface area contributed by atoms with Crippen molar-refractivity contribution in [2.24, 2.45) is 5.92 Å². The molecule has 0 aliphatic heterocycles. The first-order chi connectivity index (χ1) is 20.9. The number of rotatable bonds is 33. The Bertz CT molecular complexity index is 591. The maximum atomic E-state index is 13.3. The van der Waals surface area contributed by atoms with E-state index in [0.29, 0.717) is 6.42 Å². The Balaban J connectivity index is 4.85. The van der Waals surface area contributed by atoms with Crippen LogP contribution in [-0.2, 0) is 19.1 Å². The fourth-order valence-corrected chi connectivity index (χ4v) is 5.84. The smallest absolute Gasteiger partial charge is 0.309 e. The molecule has 1 atom stereocenters. The third kappa shape index (κ3) is 29.4. The van der Waals surface area contributed by atoms with Crippen molar-refractivity contribution in [3.05, 3.63) is 0 Å². The molecule has 256 valence electrons. The minimum absolute atomic E-state index is 0.0224. The van der Waals surface area contributed by atoms with Crippen LogP contribution in [0.5, 0.6) is 0 Å². The van der Waals surface area contributed by atoms with Gasteiger partial charge >= 0.3 is 11.9 Å². The molecule has 5 heteroatoms. The molecular weight excluding hydrogens is 534 g/mol. The standard InChI is InChI=1S/C38H75NO4/c1-6-9-12-15-18-21-24-27-31-36(43-37(40)32-28-33-39(4)5)34-42-38(41)35(29-25-22-19-16-13-10-7-2)30-26-23-20-17-14-11-8-3/h35-36H,6-34H2,1-5H3. The Hall–Kier alpha value is -1.10. The van der Waals surface area contributed by atoms with E-state index in [1.54, 1.807) is 0 Å². The van der Waals surface area contributed by atoms with Gasteiger partial charge in [0.1, 0.15) is 12.7 Å². The van der Waals surface area contributed by atoms with E-state index < -0.39 is 0 Å². The highest BCUT2D eigenvalue weighted by atomic mass is 16.6. The summed E-state index contributed by atoms with van der Waals surface area (Å²) in [5.74, 6) is -0.252. The van der Waals surface area contributed by atoms with Gasteiger partial charge in [0.2, 0.25) is 0 Å². The quantitative estimate of drug-likeness (QED) is 0.0547. The molecule has 0 aliphatic carbocycles. The third-order valence-electron chi connectivity index (χ3n) is 8.72. The molecule has 0 aromatic heterocycles. The van der Waals surface area contributed by atoms with Crippen LogP contribution in [0, 0.1) is 5.92 Å². The topological polar surface area (TPSA) is 55.8 Å². The molecule has 0 N–H and O–H groups in total. The average molecular weight is 610 g/mol. The average Bonchev–Trinajstić information content (AvgIpc) is 2.98. The van der Waals surface area contributed by atoms with Crippen LogP contribution in [0.4, 0.5) is 0 Å². The fourth-order valence-electron chi connectivity index (χ4n) is 5.84. The van der Waals surface area contributed by atoms with Gasteiger partial charge in [0, 0.05) is 6.42 Å². The molecule has 0 aromatic carbocycles. The van der Waals surface area contributed by atoms with E-state index in [2.05, 4.69) is 25.7 Å². The molecule has 0 saturated heterocycles. The zero-order valence-corrected chi connectivity index (χ0v) is 29.7. The molecule has 0 amide bonds. The number of unbranched alkanes of at least 4 members (excludes halogenated alkanes) is 19. The summed E-state index contributed by atoms with van der Waals surface area (Å²) in [6.07, 6.45) is 31.1. The lowest BCUT2D eigenvalue weighted by Crippen LogP contribution is -2.28. The van der Waals surface area contributed by atoms with Crippen LogP contribution in [0.1, 0.15) is 194 Å². The van der Waals surface area contributed by atoms with Gasteiger partial charge in [0.05, 0.1) is 5.92 Å². The van der Waals surface area contributed by atoms with E-state index in [-0.39, 0.29) is 30.6 Å². The monoisotopic (exact) mass is 610 g/mol. The lowest BCUT2D eigenvalue weighted by atomic mass is 9.94. The highest BCUT2D eigenvalue weighted by Gasteiger charge is 2.22. The molecule has 0 radical (unpaired) electrons. The fraction of sp³-hybridized carbons (Fsp3) is 0.947. The number of hydrogen-bond acceptors (Lipinski definition) is 5. The second kappa shape index (κ2) is 32.3. The van der Waals surface area contributed by atoms with Crippen molar-refractivity contribution in [1.82, 2.24) is 4.90 Å². The molecule has 0 fully saturated rings. The number of carbonyl (C=O) groups is 2. The molecule has 0 saturated carbocycles. The second-order valence-electron chi connectivity index (χ2n) is 13.4. The van der Waals surface area contributed by atoms with Crippen LogP contribution in [0.3, 0.4) is 0 Å². The summed E-state index contributed by atoms with van der Waals surface area (Å²) in [7, 11) is 4.04. The van der Waals surface area contributed by atoms with Crippen molar-refractivity contribution in [2.75, 3.05) is 27.2 Å². The molecule has 0 aromatic rings. The van der Waals surface area contributed by atoms with Gasteiger partial charge in [-0.1, -0.05) is 156 Å². The van der Waals surface area contributed by atoms with E-state index in [9.17, 15) is 9.59 Å². The van der Waals surface area contributed by atoms with Crippen LogP contribution in [0.15, 0.2) is 0 Å². The summed E-state index contributed by atoms with van der Waals surface area (Å²) in [5.41, 5.74) is 0. The molecule has 0 heterocycles. The first-order valence-corrected chi connectivity index (χ1v) is 18.9. The van der Waals surface area contributed by atoms with Crippen molar-refractivity contribution in [3.63, 3.8) is 0 Å². The Morgan fingerprint density at radius 2 is 0.930 bits per heavy atom. The molecule has 5 nitrogen and oxygen atoms in total. The first kappa shape index (κ1) is 41.9. The first-order valence-electron chi connectivity index (χ1n) is 18.9. The molecule has 43 heavy (non-hydrogen) atoms. The van der Waals surface area contributed by atoms with E-state index in [4.69, 9.17) is 9.47 Å². The van der Waals surface area contributed by atoms with Crippen LogP contribution in [0.2, 0.25) is 0 Å². The van der Waals surface area contributed by atoms with Crippen molar-refractivity contribution < 1.29 is 19.1 Å². The number of nitrogens with zero attached hydrogens (tertiary/aromatic N) is 1. The van der Waals surface area contributed by atoms with Gasteiger partial charge in [-0.15, -0.1) is 0 Å². The molecule has 1 unspecified atom stereocenters. The lowest BCUT2D eigenvalue weighted by Gasteiger charge is -2.21. The number of ether oxygens (including phenoxy) is 2. The summed E-state index contributed by atoms with van der Waals surface area (Å²) in [6.45, 7) is 7.84. The number of carbonyl (C=O) groups excluding carboxylic acids is 2. The summed E-state index contributed by atoms with van der Waals surface area (Å²) >= 11 is 0. The van der Waals surface area contributed by atoms with Gasteiger partial charge in [-0.3, -0.25) is 9.59 Å². The normalized spacial score (nSPS) is 12.3. The molecule has 0 bridgehead atoms. The van der Waals surface area contributed by atoms with Gasteiger partial charge in [-0.2, -0.15) is 0 Å². The SMILES string of the molecule is CCCCCCCCCCC(COC(=O)C(CCCCCCCCC)CCCCCCCCC)OC(=O)CCCN(C)C. The largest absolute Gasteiger partial charge is 0.462 e. The number of esters is 2. The maximum absolute atomic E-state index is 13.3. The van der Waals surface area contributed by atoms with Crippen molar-refractivity contribution in [2.45, 2.75) is 200 Å². The minimum Gasteiger partial charge on any atom is -0.462 e. The molecule has 0 spiro atoms. The number of hydrogen-bond donors (Lipinski definition) is 0. The van der Waals surface area contributed by atoms with Crippen molar-refractivity contribution >= 4 is 11.9 Å². The van der Waals surface area contributed by atoms with Gasteiger partial charge < -0.3 is 14.4 Å². The van der Waals surface area contributed by atoms with E-state index in [0.717, 1.165) is 57.9 Å². The predicted molar refractivity (Wildman–Crippen MR) is 185 cm³/mol. The van der Waals surface area contributed by atoms with Crippen LogP contribution in [-0.4, -0.2) is 50.2 Å². The lowest BCUT2D eigenvalue weighted by molar-refractivity contribution is -0.162. The third-order valence-corrected chi connectivity index (χ3v) is 8.72.